The number of benzene rings is 3. The van der Waals surface area contributed by atoms with Crippen LogP contribution in [-0.2, 0) is 16.0 Å². The van der Waals surface area contributed by atoms with Crippen molar-refractivity contribution in [2.24, 2.45) is 0 Å². The number of carbonyl (C=O) groups excluding carboxylic acids is 2. The van der Waals surface area contributed by atoms with Gasteiger partial charge in [0.15, 0.2) is 0 Å². The maximum absolute atomic E-state index is 13.4. The largest absolute Gasteiger partial charge is 0.507 e. The molecule has 0 spiro atoms. The highest BCUT2D eigenvalue weighted by Gasteiger charge is 2.47. The third kappa shape index (κ3) is 4.34. The number of aliphatic hydroxyl groups is 1. The Labute approximate surface area is 220 Å². The molecule has 1 saturated heterocycles. The fourth-order valence-corrected chi connectivity index (χ4v) is 4.97. The van der Waals surface area contributed by atoms with Gasteiger partial charge in [0.1, 0.15) is 23.0 Å². The van der Waals surface area contributed by atoms with Crippen molar-refractivity contribution in [3.63, 3.8) is 0 Å². The molecule has 1 amide bonds. The number of ether oxygens (including phenoxy) is 3. The average molecular weight is 513 g/mol. The van der Waals surface area contributed by atoms with Gasteiger partial charge in [0, 0.05) is 34.8 Å². The molecule has 1 aromatic heterocycles. The minimum Gasteiger partial charge on any atom is -0.507 e. The molecule has 5 rings (SSSR count). The number of hydrogen-bond acceptors (Lipinski definition) is 6. The van der Waals surface area contributed by atoms with Gasteiger partial charge in [0.05, 0.1) is 32.9 Å². The molecule has 1 aliphatic heterocycles. The van der Waals surface area contributed by atoms with Gasteiger partial charge in [-0.2, -0.15) is 0 Å². The minimum atomic E-state index is -0.875. The van der Waals surface area contributed by atoms with E-state index in [4.69, 9.17) is 14.2 Å². The minimum absolute atomic E-state index is 0.00773. The normalized spacial score (nSPS) is 16.7. The predicted molar refractivity (Wildman–Crippen MR) is 144 cm³/mol. The number of aromatic amines is 1. The van der Waals surface area contributed by atoms with E-state index in [9.17, 15) is 14.7 Å². The number of nitrogens with one attached hydrogen (secondary N) is 1. The molecule has 1 atom stereocenters. The molecular weight excluding hydrogens is 484 g/mol. The van der Waals surface area contributed by atoms with Crippen molar-refractivity contribution in [2.75, 3.05) is 27.9 Å². The average Bonchev–Trinajstić information content (AvgIpc) is 3.48. The monoisotopic (exact) mass is 512 g/mol. The first-order chi connectivity index (χ1) is 18.5. The first kappa shape index (κ1) is 25.0. The van der Waals surface area contributed by atoms with Crippen molar-refractivity contribution < 1.29 is 28.9 Å². The molecule has 0 radical (unpaired) electrons. The number of H-pyrrole nitrogens is 1. The van der Waals surface area contributed by atoms with Gasteiger partial charge < -0.3 is 29.2 Å². The molecule has 4 aromatic rings. The van der Waals surface area contributed by atoms with Crippen LogP contribution in [0.25, 0.3) is 16.7 Å². The summed E-state index contributed by atoms with van der Waals surface area (Å²) in [4.78, 5) is 31.6. The predicted octanol–water partition coefficient (Wildman–Crippen LogP) is 4.86. The van der Waals surface area contributed by atoms with Crippen LogP contribution in [0.3, 0.4) is 0 Å². The molecule has 0 saturated carbocycles. The Morgan fingerprint density at radius 3 is 2.34 bits per heavy atom. The van der Waals surface area contributed by atoms with E-state index in [0.29, 0.717) is 29.0 Å². The summed E-state index contributed by atoms with van der Waals surface area (Å²) in [5.74, 6) is 0.0610. The SMILES string of the molecule is COc1ccc(OC)c([C@@H]2C(=C(O)c3ccccc3)C(=O)C(=O)N2CCc2c[nH]c3ccc(OC)cc23)c1. The number of aromatic nitrogens is 1. The van der Waals surface area contributed by atoms with Crippen LogP contribution in [0.4, 0.5) is 0 Å². The van der Waals surface area contributed by atoms with Crippen molar-refractivity contribution >= 4 is 28.4 Å². The number of Topliss-reactive ketones (excluding diaryl/α,β-unsaturated/α-hetero) is 1. The number of ketones is 1. The van der Waals surface area contributed by atoms with Crippen molar-refractivity contribution in [2.45, 2.75) is 12.5 Å². The second-order valence-electron chi connectivity index (χ2n) is 8.94. The summed E-state index contributed by atoms with van der Waals surface area (Å²) in [5.41, 5.74) is 2.91. The molecule has 2 heterocycles. The molecule has 0 bridgehead atoms. The zero-order valence-electron chi connectivity index (χ0n) is 21.4. The van der Waals surface area contributed by atoms with Crippen LogP contribution >= 0.6 is 0 Å². The zero-order chi connectivity index (χ0) is 26.8. The highest BCUT2D eigenvalue weighted by atomic mass is 16.5. The third-order valence-electron chi connectivity index (χ3n) is 6.92. The number of amides is 1. The molecule has 2 N–H and O–H groups in total. The summed E-state index contributed by atoms with van der Waals surface area (Å²) in [7, 11) is 4.67. The molecule has 1 fully saturated rings. The highest BCUT2D eigenvalue weighted by molar-refractivity contribution is 6.46. The number of nitrogens with zero attached hydrogens (tertiary/aromatic N) is 1. The van der Waals surface area contributed by atoms with Crippen LogP contribution in [0.1, 0.15) is 22.7 Å². The van der Waals surface area contributed by atoms with Crippen LogP contribution in [0.15, 0.2) is 78.5 Å². The summed E-state index contributed by atoms with van der Waals surface area (Å²) in [6.07, 6.45) is 2.36. The van der Waals surface area contributed by atoms with Gasteiger partial charge >= 0.3 is 0 Å². The van der Waals surface area contributed by atoms with Crippen molar-refractivity contribution in [3.05, 3.63) is 95.2 Å². The number of fused-ring (bicyclic) bond motifs is 1. The summed E-state index contributed by atoms with van der Waals surface area (Å²) in [6, 6.07) is 18.8. The van der Waals surface area contributed by atoms with Crippen molar-refractivity contribution in [3.8, 4) is 17.2 Å². The first-order valence-electron chi connectivity index (χ1n) is 12.2. The lowest BCUT2D eigenvalue weighted by molar-refractivity contribution is -0.139. The molecule has 0 aliphatic carbocycles. The van der Waals surface area contributed by atoms with E-state index < -0.39 is 17.7 Å². The molecule has 8 heteroatoms. The smallest absolute Gasteiger partial charge is 0.295 e. The van der Waals surface area contributed by atoms with E-state index >= 15 is 0 Å². The molecule has 1 aliphatic rings. The van der Waals surface area contributed by atoms with Crippen LogP contribution < -0.4 is 14.2 Å². The fraction of sp³-hybridized carbons (Fsp3) is 0.200. The lowest BCUT2D eigenvalue weighted by Crippen LogP contribution is -2.31. The van der Waals surface area contributed by atoms with Crippen molar-refractivity contribution in [1.29, 1.82) is 0 Å². The zero-order valence-corrected chi connectivity index (χ0v) is 21.4. The van der Waals surface area contributed by atoms with E-state index in [2.05, 4.69) is 4.98 Å². The second-order valence-corrected chi connectivity index (χ2v) is 8.94. The van der Waals surface area contributed by atoms with Gasteiger partial charge in [-0.15, -0.1) is 0 Å². The third-order valence-corrected chi connectivity index (χ3v) is 6.92. The van der Waals surface area contributed by atoms with Crippen LogP contribution in [-0.4, -0.2) is 54.6 Å². The van der Waals surface area contributed by atoms with E-state index in [1.165, 1.54) is 19.1 Å². The lowest BCUT2D eigenvalue weighted by atomic mass is 9.94. The van der Waals surface area contributed by atoms with Gasteiger partial charge in [-0.1, -0.05) is 30.3 Å². The number of rotatable bonds is 8. The van der Waals surface area contributed by atoms with Gasteiger partial charge in [-0.3, -0.25) is 9.59 Å². The topological polar surface area (TPSA) is 101 Å². The van der Waals surface area contributed by atoms with E-state index in [-0.39, 0.29) is 17.9 Å². The summed E-state index contributed by atoms with van der Waals surface area (Å²) in [5, 5.41) is 12.3. The van der Waals surface area contributed by atoms with Crippen LogP contribution in [0, 0.1) is 0 Å². The van der Waals surface area contributed by atoms with Crippen molar-refractivity contribution in [1.82, 2.24) is 9.88 Å². The Kier molecular flexibility index (Phi) is 6.79. The van der Waals surface area contributed by atoms with Gasteiger partial charge in [-0.25, -0.2) is 0 Å². The summed E-state index contributed by atoms with van der Waals surface area (Å²) in [6.45, 7) is 0.228. The van der Waals surface area contributed by atoms with Crippen LogP contribution in [0.2, 0.25) is 0 Å². The maximum atomic E-state index is 13.4. The molecule has 38 heavy (non-hydrogen) atoms. The summed E-state index contributed by atoms with van der Waals surface area (Å²) >= 11 is 0. The highest BCUT2D eigenvalue weighted by Crippen LogP contribution is 2.44. The Hall–Kier alpha value is -4.72. The Bertz CT molecular complexity index is 1540. The number of carbonyl (C=O) groups is 2. The first-order valence-corrected chi connectivity index (χ1v) is 12.2. The van der Waals surface area contributed by atoms with E-state index in [1.807, 2.05) is 30.5 Å². The van der Waals surface area contributed by atoms with Gasteiger partial charge in [-0.05, 0) is 48.4 Å². The molecule has 0 unspecified atom stereocenters. The standard InChI is InChI=1S/C30H28N2O6/c1-36-20-9-11-24-22(15-20)19(17-31-24)13-14-32-27(23-16-21(37-2)10-12-25(23)38-3)26(29(34)30(32)35)28(33)18-7-5-4-6-8-18/h4-12,15-17,27,31,33H,13-14H2,1-3H3/t27-/m1/s1. The van der Waals surface area contributed by atoms with E-state index in [1.54, 1.807) is 49.6 Å². The molecular formula is C30H28N2O6. The number of methoxy groups -OCH3 is 3. The fourth-order valence-electron chi connectivity index (χ4n) is 4.97. The Morgan fingerprint density at radius 2 is 1.63 bits per heavy atom. The van der Waals surface area contributed by atoms with Crippen LogP contribution in [0.5, 0.6) is 17.2 Å². The van der Waals surface area contributed by atoms with E-state index in [0.717, 1.165) is 22.2 Å². The quantitative estimate of drug-likeness (QED) is 0.199. The number of aliphatic hydroxyl groups excluding tert-OH is 1. The maximum Gasteiger partial charge on any atom is 0.295 e. The van der Waals surface area contributed by atoms with Gasteiger partial charge in [0.2, 0.25) is 0 Å². The molecule has 3 aromatic carbocycles. The number of hydrogen-bond donors (Lipinski definition) is 2. The Balaban J connectivity index is 1.61. The molecule has 194 valence electrons. The summed E-state index contributed by atoms with van der Waals surface area (Å²) < 4.78 is 16.4. The lowest BCUT2D eigenvalue weighted by Gasteiger charge is -2.27. The second kappa shape index (κ2) is 10.3. The van der Waals surface area contributed by atoms with Gasteiger partial charge in [0.25, 0.3) is 11.7 Å². The molecule has 8 nitrogen and oxygen atoms in total. The number of likely N-dealkylation sites (tertiary alicyclic amines) is 1. The Morgan fingerprint density at radius 1 is 0.921 bits per heavy atom.